The van der Waals surface area contributed by atoms with E-state index in [4.69, 9.17) is 28.9 Å². The van der Waals surface area contributed by atoms with Crippen LogP contribution in [0.5, 0.6) is 0 Å². The molecule has 3 aromatic rings. The van der Waals surface area contributed by atoms with Crippen LogP contribution in [0.1, 0.15) is 16.7 Å². The number of nitrogens with two attached hydrogens (primary N) is 1. The van der Waals surface area contributed by atoms with Crippen molar-refractivity contribution in [2.24, 2.45) is 0 Å². The van der Waals surface area contributed by atoms with Crippen LogP contribution < -0.4 is 11.3 Å². The Morgan fingerprint density at radius 3 is 2.19 bits per heavy atom. The Morgan fingerprint density at radius 1 is 1.00 bits per heavy atom. The molecule has 0 aliphatic heterocycles. The first-order valence-electron chi connectivity index (χ1n) is 7.80. The van der Waals surface area contributed by atoms with E-state index in [1.165, 1.54) is 12.1 Å². The molecule has 0 aliphatic rings. The first-order chi connectivity index (χ1) is 12.9. The largest absolute Gasteiger partial charge is 0.384 e. The molecule has 27 heavy (non-hydrogen) atoms. The van der Waals surface area contributed by atoms with E-state index >= 15 is 0 Å². The van der Waals surface area contributed by atoms with Gasteiger partial charge in [0, 0.05) is 10.6 Å². The van der Waals surface area contributed by atoms with Gasteiger partial charge in [-0.05, 0) is 30.7 Å². The number of halogens is 2. The molecule has 0 fully saturated rings. The third-order valence-corrected chi connectivity index (χ3v) is 4.67. The molecule has 1 heterocycles. The van der Waals surface area contributed by atoms with Crippen LogP contribution in [0.4, 0.5) is 5.82 Å². The van der Waals surface area contributed by atoms with Crippen LogP contribution in [0.2, 0.25) is 10.0 Å². The molecule has 0 amide bonds. The number of pyridine rings is 1. The maximum atomic E-state index is 13.0. The average Bonchev–Trinajstić information content (AvgIpc) is 2.64. The van der Waals surface area contributed by atoms with Crippen LogP contribution in [-0.2, 0) is 0 Å². The van der Waals surface area contributed by atoms with Crippen LogP contribution in [0.3, 0.4) is 0 Å². The fraction of sp³-hybridized carbons (Fsp3) is 0.0500. The van der Waals surface area contributed by atoms with Crippen LogP contribution in [0.25, 0.3) is 16.8 Å². The lowest BCUT2D eigenvalue weighted by Gasteiger charge is -2.17. The molecular weight excluding hydrogens is 383 g/mol. The van der Waals surface area contributed by atoms with Crippen molar-refractivity contribution in [3.05, 3.63) is 79.6 Å². The molecule has 0 atom stereocenters. The molecule has 0 unspecified atom stereocenters. The maximum absolute atomic E-state index is 13.0. The Hall–Kier alpha value is -3.25. The van der Waals surface area contributed by atoms with Crippen molar-refractivity contribution in [3.8, 4) is 29.0 Å². The van der Waals surface area contributed by atoms with Gasteiger partial charge < -0.3 is 5.73 Å². The Kier molecular flexibility index (Phi) is 4.92. The van der Waals surface area contributed by atoms with Crippen molar-refractivity contribution in [2.45, 2.75) is 6.92 Å². The quantitative estimate of drug-likeness (QED) is 0.694. The number of aromatic nitrogens is 1. The fourth-order valence-electron chi connectivity index (χ4n) is 2.82. The van der Waals surface area contributed by atoms with Crippen LogP contribution >= 0.6 is 23.2 Å². The molecule has 7 heteroatoms. The standard InChI is InChI=1S/C20H12Cl2N4O/c1-11-2-4-12(5-3-11)18-14(9-23)19(25)26(20(27)15(18)10-24)17-7-6-13(21)8-16(17)22/h2-8H,25H2,1H3. The minimum Gasteiger partial charge on any atom is -0.384 e. The Labute approximate surface area is 165 Å². The third-order valence-electron chi connectivity index (χ3n) is 4.13. The van der Waals surface area contributed by atoms with E-state index in [1.54, 1.807) is 18.2 Å². The summed E-state index contributed by atoms with van der Waals surface area (Å²) >= 11 is 12.1. The molecule has 5 nitrogen and oxygen atoms in total. The lowest BCUT2D eigenvalue weighted by molar-refractivity contribution is 0.993. The first-order valence-corrected chi connectivity index (χ1v) is 8.55. The summed E-state index contributed by atoms with van der Waals surface area (Å²) < 4.78 is 1.06. The van der Waals surface area contributed by atoms with Gasteiger partial charge in [-0.2, -0.15) is 10.5 Å². The second kappa shape index (κ2) is 7.17. The van der Waals surface area contributed by atoms with Gasteiger partial charge in [-0.15, -0.1) is 0 Å². The summed E-state index contributed by atoms with van der Waals surface area (Å²) in [6, 6.07) is 15.6. The van der Waals surface area contributed by atoms with Gasteiger partial charge in [0.1, 0.15) is 29.1 Å². The lowest BCUT2D eigenvalue weighted by Crippen LogP contribution is -2.26. The van der Waals surface area contributed by atoms with Gasteiger partial charge in [-0.3, -0.25) is 9.36 Å². The maximum Gasteiger partial charge on any atom is 0.275 e. The summed E-state index contributed by atoms with van der Waals surface area (Å²) in [6.45, 7) is 1.91. The summed E-state index contributed by atoms with van der Waals surface area (Å²) in [5.41, 5.74) is 7.37. The van der Waals surface area contributed by atoms with Gasteiger partial charge in [0.15, 0.2) is 0 Å². The highest BCUT2D eigenvalue weighted by atomic mass is 35.5. The molecule has 3 rings (SSSR count). The Bertz CT molecular complexity index is 1200. The molecule has 0 bridgehead atoms. The highest BCUT2D eigenvalue weighted by Crippen LogP contribution is 2.32. The molecule has 1 aromatic heterocycles. The molecule has 2 aromatic carbocycles. The van der Waals surface area contributed by atoms with E-state index in [2.05, 4.69) is 0 Å². The van der Waals surface area contributed by atoms with Gasteiger partial charge in [0.05, 0.1) is 10.7 Å². The summed E-state index contributed by atoms with van der Waals surface area (Å²) in [6.07, 6.45) is 0. The minimum atomic E-state index is -0.659. The molecule has 0 spiro atoms. The van der Waals surface area contributed by atoms with E-state index < -0.39 is 5.56 Å². The smallest absolute Gasteiger partial charge is 0.275 e. The zero-order chi connectivity index (χ0) is 19.7. The van der Waals surface area contributed by atoms with Gasteiger partial charge in [0.25, 0.3) is 5.56 Å². The monoisotopic (exact) mass is 394 g/mol. The van der Waals surface area contributed by atoms with Crippen molar-refractivity contribution >= 4 is 29.0 Å². The lowest BCUT2D eigenvalue weighted by atomic mass is 9.95. The van der Waals surface area contributed by atoms with Crippen molar-refractivity contribution in [3.63, 3.8) is 0 Å². The zero-order valence-corrected chi connectivity index (χ0v) is 15.6. The highest BCUT2D eigenvalue weighted by Gasteiger charge is 2.23. The molecule has 0 radical (unpaired) electrons. The van der Waals surface area contributed by atoms with Gasteiger partial charge in [0.2, 0.25) is 0 Å². The third kappa shape index (κ3) is 3.15. The second-order valence-electron chi connectivity index (χ2n) is 5.84. The zero-order valence-electron chi connectivity index (χ0n) is 14.1. The molecule has 0 aliphatic carbocycles. The van der Waals surface area contributed by atoms with Crippen molar-refractivity contribution < 1.29 is 0 Å². The predicted molar refractivity (Wildman–Crippen MR) is 106 cm³/mol. The Balaban J connectivity index is 2.44. The number of aryl methyl sites for hydroxylation is 1. The normalized spacial score (nSPS) is 10.3. The predicted octanol–water partition coefficient (Wildman–Crippen LogP) is 4.45. The molecule has 132 valence electrons. The van der Waals surface area contributed by atoms with Crippen molar-refractivity contribution in [1.82, 2.24) is 4.57 Å². The van der Waals surface area contributed by atoms with Gasteiger partial charge >= 0.3 is 0 Å². The summed E-state index contributed by atoms with van der Waals surface area (Å²) in [7, 11) is 0. The summed E-state index contributed by atoms with van der Waals surface area (Å²) in [4.78, 5) is 13.0. The van der Waals surface area contributed by atoms with Crippen LogP contribution in [0.15, 0.2) is 47.3 Å². The van der Waals surface area contributed by atoms with Gasteiger partial charge in [-0.25, -0.2) is 0 Å². The van der Waals surface area contributed by atoms with E-state index in [9.17, 15) is 15.3 Å². The highest BCUT2D eigenvalue weighted by molar-refractivity contribution is 6.35. The number of nitrogen functional groups attached to an aromatic ring is 1. The van der Waals surface area contributed by atoms with E-state index in [1.807, 2.05) is 31.2 Å². The van der Waals surface area contributed by atoms with E-state index in [0.717, 1.165) is 10.1 Å². The van der Waals surface area contributed by atoms with Crippen LogP contribution in [-0.4, -0.2) is 4.57 Å². The minimum absolute atomic E-state index is 0.0287. The van der Waals surface area contributed by atoms with E-state index in [-0.39, 0.29) is 33.2 Å². The van der Waals surface area contributed by atoms with Crippen LogP contribution in [0, 0.1) is 29.6 Å². The molecular formula is C20H12Cl2N4O. The van der Waals surface area contributed by atoms with E-state index in [0.29, 0.717) is 10.6 Å². The average molecular weight is 395 g/mol. The SMILES string of the molecule is Cc1ccc(-c2c(C#N)c(N)n(-c3ccc(Cl)cc3Cl)c(=O)c2C#N)cc1. The number of hydrogen-bond acceptors (Lipinski definition) is 4. The number of rotatable bonds is 2. The first kappa shape index (κ1) is 18.5. The molecule has 0 saturated carbocycles. The van der Waals surface area contributed by atoms with Gasteiger partial charge in [-0.1, -0.05) is 53.0 Å². The molecule has 0 saturated heterocycles. The number of anilines is 1. The number of benzene rings is 2. The summed E-state index contributed by atoms with van der Waals surface area (Å²) in [5, 5.41) is 19.9. The van der Waals surface area contributed by atoms with Crippen molar-refractivity contribution in [1.29, 1.82) is 10.5 Å². The topological polar surface area (TPSA) is 95.6 Å². The summed E-state index contributed by atoms with van der Waals surface area (Å²) in [5.74, 6) is -0.0960. The number of nitrogens with zero attached hydrogens (tertiary/aromatic N) is 3. The van der Waals surface area contributed by atoms with Crippen molar-refractivity contribution in [2.75, 3.05) is 5.73 Å². The fourth-order valence-corrected chi connectivity index (χ4v) is 3.31. The Morgan fingerprint density at radius 2 is 1.63 bits per heavy atom. The number of hydrogen-bond donors (Lipinski definition) is 1. The molecule has 2 N–H and O–H groups in total. The second-order valence-corrected chi connectivity index (χ2v) is 6.68. The number of nitriles is 2.